The molecule has 0 spiro atoms. The van der Waals surface area contributed by atoms with Crippen LogP contribution < -0.4 is 10.2 Å². The third kappa shape index (κ3) is 5.40. The summed E-state index contributed by atoms with van der Waals surface area (Å²) in [5, 5.41) is 4.05. The Morgan fingerprint density at radius 1 is 1.08 bits per heavy atom. The van der Waals surface area contributed by atoms with Crippen molar-refractivity contribution < 1.29 is 14.0 Å². The summed E-state index contributed by atoms with van der Waals surface area (Å²) in [5.41, 5.74) is 3.40. The number of benzene rings is 2. The van der Waals surface area contributed by atoms with Crippen LogP contribution in [0, 0.1) is 12.7 Å². The van der Waals surface area contributed by atoms with Gasteiger partial charge in [0, 0.05) is 29.5 Å². The first-order valence-electron chi connectivity index (χ1n) is 12.9. The fraction of sp³-hybridized carbons (Fsp3) is 0.300. The van der Waals surface area contributed by atoms with Gasteiger partial charge >= 0.3 is 0 Å². The Hall–Kier alpha value is -4.00. The van der Waals surface area contributed by atoms with E-state index in [4.69, 9.17) is 0 Å². The number of carbonyl (C=O) groups is 2. The SMILES string of the molecule is Cc1ccccc1C(C(=O)NC1CCCCC1)N(C(=O)Cc1c[nH]c2ncccc12)c1cccc(F)c1. The Bertz CT molecular complexity index is 1410. The molecule has 2 amide bonds. The second kappa shape index (κ2) is 10.9. The van der Waals surface area contributed by atoms with Crippen LogP contribution in [0.1, 0.15) is 54.8 Å². The van der Waals surface area contributed by atoms with Crippen LogP contribution in [0.2, 0.25) is 0 Å². The van der Waals surface area contributed by atoms with Crippen LogP contribution in [0.15, 0.2) is 73.1 Å². The molecule has 2 aromatic carbocycles. The van der Waals surface area contributed by atoms with Crippen molar-refractivity contribution in [1.82, 2.24) is 15.3 Å². The molecule has 1 unspecified atom stereocenters. The number of anilines is 1. The van der Waals surface area contributed by atoms with E-state index in [1.165, 1.54) is 23.5 Å². The average Bonchev–Trinajstić information content (AvgIpc) is 3.31. The lowest BCUT2D eigenvalue weighted by atomic mass is 9.93. The molecule has 0 bridgehead atoms. The van der Waals surface area contributed by atoms with Crippen molar-refractivity contribution in [3.05, 3.63) is 95.6 Å². The lowest BCUT2D eigenvalue weighted by Crippen LogP contribution is -2.48. The number of hydrogen-bond acceptors (Lipinski definition) is 3. The Morgan fingerprint density at radius 2 is 1.89 bits per heavy atom. The zero-order chi connectivity index (χ0) is 25.8. The number of aromatic amines is 1. The van der Waals surface area contributed by atoms with Crippen LogP contribution in [-0.4, -0.2) is 27.8 Å². The molecule has 6 nitrogen and oxygen atoms in total. The van der Waals surface area contributed by atoms with E-state index in [1.54, 1.807) is 24.5 Å². The highest BCUT2D eigenvalue weighted by Crippen LogP contribution is 2.32. The second-order valence-electron chi connectivity index (χ2n) is 9.74. The van der Waals surface area contributed by atoms with Crippen LogP contribution in [0.3, 0.4) is 0 Å². The fourth-order valence-electron chi connectivity index (χ4n) is 5.29. The van der Waals surface area contributed by atoms with Gasteiger partial charge in [0.25, 0.3) is 0 Å². The summed E-state index contributed by atoms with van der Waals surface area (Å²) in [6.45, 7) is 1.93. The van der Waals surface area contributed by atoms with Crippen molar-refractivity contribution in [2.75, 3.05) is 4.90 Å². The first-order chi connectivity index (χ1) is 18.0. The third-order valence-corrected chi connectivity index (χ3v) is 7.17. The zero-order valence-corrected chi connectivity index (χ0v) is 20.9. The van der Waals surface area contributed by atoms with Crippen LogP contribution in [0.25, 0.3) is 11.0 Å². The van der Waals surface area contributed by atoms with E-state index >= 15 is 0 Å². The van der Waals surface area contributed by atoms with Crippen molar-refractivity contribution in [2.45, 2.75) is 57.5 Å². The molecule has 2 heterocycles. The van der Waals surface area contributed by atoms with Crippen LogP contribution >= 0.6 is 0 Å². The molecule has 1 atom stereocenters. The van der Waals surface area contributed by atoms with E-state index in [9.17, 15) is 14.0 Å². The molecule has 7 heteroatoms. The van der Waals surface area contributed by atoms with Crippen LogP contribution in [0.4, 0.5) is 10.1 Å². The number of carbonyl (C=O) groups excluding carboxylic acids is 2. The summed E-state index contributed by atoms with van der Waals surface area (Å²) < 4.78 is 14.4. The highest BCUT2D eigenvalue weighted by molar-refractivity contribution is 6.03. The number of pyridine rings is 1. The third-order valence-electron chi connectivity index (χ3n) is 7.17. The minimum Gasteiger partial charge on any atom is -0.351 e. The first-order valence-corrected chi connectivity index (χ1v) is 12.9. The standard InChI is InChI=1S/C30H31FN4O2/c1-20-9-5-6-14-25(20)28(30(37)34-23-11-3-2-4-12-23)35(24-13-7-10-22(31)18-24)27(36)17-21-19-33-29-26(21)15-8-16-32-29/h5-10,13-16,18-19,23,28H,2-4,11-12,17H2,1H3,(H,32,33)(H,34,37). The molecule has 1 fully saturated rings. The highest BCUT2D eigenvalue weighted by Gasteiger charge is 2.35. The minimum atomic E-state index is -0.944. The van der Waals surface area contributed by atoms with E-state index in [0.29, 0.717) is 16.9 Å². The second-order valence-corrected chi connectivity index (χ2v) is 9.74. The van der Waals surface area contributed by atoms with Crippen molar-refractivity contribution in [1.29, 1.82) is 0 Å². The van der Waals surface area contributed by atoms with E-state index in [0.717, 1.165) is 42.2 Å². The molecule has 5 rings (SSSR count). The maximum absolute atomic E-state index is 14.4. The molecule has 37 heavy (non-hydrogen) atoms. The lowest BCUT2D eigenvalue weighted by Gasteiger charge is -2.34. The summed E-state index contributed by atoms with van der Waals surface area (Å²) in [6, 6.07) is 16.3. The molecule has 0 saturated heterocycles. The molecule has 2 N–H and O–H groups in total. The number of amides is 2. The van der Waals surface area contributed by atoms with Crippen LogP contribution in [-0.2, 0) is 16.0 Å². The maximum atomic E-state index is 14.4. The van der Waals surface area contributed by atoms with Crippen molar-refractivity contribution in [3.63, 3.8) is 0 Å². The average molecular weight is 499 g/mol. The molecule has 1 saturated carbocycles. The van der Waals surface area contributed by atoms with Gasteiger partial charge in [-0.05, 0) is 66.8 Å². The molecule has 2 aromatic heterocycles. The lowest BCUT2D eigenvalue weighted by molar-refractivity contribution is -0.127. The van der Waals surface area contributed by atoms with Crippen molar-refractivity contribution in [3.8, 4) is 0 Å². The molecule has 190 valence electrons. The zero-order valence-electron chi connectivity index (χ0n) is 20.9. The predicted octanol–water partition coefficient (Wildman–Crippen LogP) is 5.78. The van der Waals surface area contributed by atoms with Crippen LogP contribution in [0.5, 0.6) is 0 Å². The Labute approximate surface area is 215 Å². The van der Waals surface area contributed by atoms with Crippen molar-refractivity contribution >= 4 is 28.5 Å². The topological polar surface area (TPSA) is 78.1 Å². The number of H-pyrrole nitrogens is 1. The summed E-state index contributed by atoms with van der Waals surface area (Å²) >= 11 is 0. The van der Waals surface area contributed by atoms with Gasteiger partial charge < -0.3 is 10.3 Å². The van der Waals surface area contributed by atoms with Gasteiger partial charge in [0.15, 0.2) is 0 Å². The quantitative estimate of drug-likeness (QED) is 0.339. The highest BCUT2D eigenvalue weighted by atomic mass is 19.1. The Morgan fingerprint density at radius 3 is 2.68 bits per heavy atom. The Kier molecular flexibility index (Phi) is 7.30. The largest absolute Gasteiger partial charge is 0.351 e. The summed E-state index contributed by atoms with van der Waals surface area (Å²) in [7, 11) is 0. The number of aromatic nitrogens is 2. The number of halogens is 1. The fourth-order valence-corrected chi connectivity index (χ4v) is 5.29. The van der Waals surface area contributed by atoms with E-state index < -0.39 is 11.9 Å². The number of nitrogens with one attached hydrogen (secondary N) is 2. The molecule has 0 aliphatic heterocycles. The van der Waals surface area contributed by atoms with Gasteiger partial charge in [-0.3, -0.25) is 14.5 Å². The van der Waals surface area contributed by atoms with Gasteiger partial charge in [-0.1, -0.05) is 49.6 Å². The number of aryl methyl sites for hydroxylation is 1. The molecular formula is C30H31FN4O2. The molecular weight excluding hydrogens is 467 g/mol. The molecule has 4 aromatic rings. The summed E-state index contributed by atoms with van der Waals surface area (Å²) in [6.07, 6.45) is 8.63. The Balaban J connectivity index is 1.57. The minimum absolute atomic E-state index is 0.0291. The number of fused-ring (bicyclic) bond motifs is 1. The summed E-state index contributed by atoms with van der Waals surface area (Å²) in [5.74, 6) is -1.02. The number of nitrogens with zero attached hydrogens (tertiary/aromatic N) is 2. The predicted molar refractivity (Wildman–Crippen MR) is 143 cm³/mol. The maximum Gasteiger partial charge on any atom is 0.248 e. The van der Waals surface area contributed by atoms with E-state index in [-0.39, 0.29) is 24.3 Å². The number of rotatable bonds is 7. The van der Waals surface area contributed by atoms with Gasteiger partial charge in [-0.25, -0.2) is 9.37 Å². The van der Waals surface area contributed by atoms with E-state index in [1.807, 2.05) is 43.3 Å². The van der Waals surface area contributed by atoms with Gasteiger partial charge in [0.05, 0.1) is 6.42 Å². The van der Waals surface area contributed by atoms with E-state index in [2.05, 4.69) is 15.3 Å². The normalized spacial score (nSPS) is 14.9. The molecule has 1 aliphatic rings. The smallest absolute Gasteiger partial charge is 0.248 e. The monoisotopic (exact) mass is 498 g/mol. The van der Waals surface area contributed by atoms with Crippen molar-refractivity contribution in [2.24, 2.45) is 0 Å². The number of hydrogen-bond donors (Lipinski definition) is 2. The van der Waals surface area contributed by atoms with Gasteiger partial charge in [-0.15, -0.1) is 0 Å². The van der Waals surface area contributed by atoms with Gasteiger partial charge in [-0.2, -0.15) is 0 Å². The molecule has 0 radical (unpaired) electrons. The van der Waals surface area contributed by atoms with Gasteiger partial charge in [0.2, 0.25) is 11.8 Å². The molecule has 1 aliphatic carbocycles. The van der Waals surface area contributed by atoms with Gasteiger partial charge in [0.1, 0.15) is 17.5 Å². The first kappa shape index (κ1) is 24.7. The summed E-state index contributed by atoms with van der Waals surface area (Å²) in [4.78, 5) is 36.9.